The molecule has 0 fully saturated rings. The van der Waals surface area contributed by atoms with E-state index in [2.05, 4.69) is 43.4 Å². The van der Waals surface area contributed by atoms with Crippen LogP contribution in [0.3, 0.4) is 0 Å². The van der Waals surface area contributed by atoms with Crippen LogP contribution >= 0.6 is 27.7 Å². The fourth-order valence-corrected chi connectivity index (χ4v) is 2.96. The minimum Gasteiger partial charge on any atom is -0.330 e. The van der Waals surface area contributed by atoms with Gasteiger partial charge in [0.2, 0.25) is 5.16 Å². The number of thioether (sulfide) groups is 1. The van der Waals surface area contributed by atoms with Crippen LogP contribution < -0.4 is 5.73 Å². The van der Waals surface area contributed by atoms with Crippen LogP contribution in [0.5, 0.6) is 0 Å². The second-order valence-corrected chi connectivity index (χ2v) is 5.95. The number of fused-ring (bicyclic) bond motifs is 1. The molecule has 7 heteroatoms. The molecule has 0 aliphatic carbocycles. The van der Waals surface area contributed by atoms with Crippen molar-refractivity contribution in [3.8, 4) is 0 Å². The molecule has 0 saturated carbocycles. The van der Waals surface area contributed by atoms with Crippen molar-refractivity contribution in [1.82, 2.24) is 14.9 Å². The zero-order valence-electron chi connectivity index (χ0n) is 10.1. The molecular formula is C12H12BrN5S. The molecule has 0 saturated heterocycles. The topological polar surface area (TPSA) is 69.1 Å². The van der Waals surface area contributed by atoms with Gasteiger partial charge >= 0.3 is 0 Å². The van der Waals surface area contributed by atoms with E-state index in [1.165, 1.54) is 0 Å². The molecule has 3 rings (SSSR count). The van der Waals surface area contributed by atoms with Crippen molar-refractivity contribution < 1.29 is 0 Å². The van der Waals surface area contributed by atoms with Crippen LogP contribution in [0.15, 0.2) is 39.0 Å². The van der Waals surface area contributed by atoms with E-state index in [9.17, 15) is 0 Å². The minimum absolute atomic E-state index is 0.548. The number of benzene rings is 1. The lowest BCUT2D eigenvalue weighted by molar-refractivity contribution is 0.702. The van der Waals surface area contributed by atoms with Crippen molar-refractivity contribution in [2.75, 3.05) is 12.3 Å². The summed E-state index contributed by atoms with van der Waals surface area (Å²) in [6, 6.07) is 8.15. The average molecular weight is 338 g/mol. The monoisotopic (exact) mass is 337 g/mol. The summed E-state index contributed by atoms with van der Waals surface area (Å²) in [4.78, 5) is 0. The van der Waals surface area contributed by atoms with Crippen LogP contribution in [0.1, 0.15) is 11.4 Å². The first-order valence-electron chi connectivity index (χ1n) is 5.89. The Kier molecular flexibility index (Phi) is 3.67. The van der Waals surface area contributed by atoms with E-state index in [1.54, 1.807) is 16.4 Å². The van der Waals surface area contributed by atoms with E-state index in [-0.39, 0.29) is 0 Å². The summed E-state index contributed by atoms with van der Waals surface area (Å²) in [5.74, 6) is 1.63. The standard InChI is InChI=1S/C12H12BrN5S/c13-9-3-1-8(2-4-9)10-7-19-12-16-15-11(5-6-14)18(12)17-10/h1-4H,5-7,14H2. The molecule has 2 N–H and O–H groups in total. The normalized spacial score (nSPS) is 14.1. The van der Waals surface area contributed by atoms with Crippen molar-refractivity contribution in [2.45, 2.75) is 11.6 Å². The third kappa shape index (κ3) is 2.58. The summed E-state index contributed by atoms with van der Waals surface area (Å²) < 4.78 is 2.87. The molecule has 2 heterocycles. The highest BCUT2D eigenvalue weighted by atomic mass is 79.9. The fourth-order valence-electron chi connectivity index (χ4n) is 1.84. The number of rotatable bonds is 3. The Morgan fingerprint density at radius 3 is 2.79 bits per heavy atom. The Morgan fingerprint density at radius 1 is 1.26 bits per heavy atom. The van der Waals surface area contributed by atoms with Crippen LogP contribution in [-0.2, 0) is 6.42 Å². The van der Waals surface area contributed by atoms with Gasteiger partial charge in [-0.05, 0) is 24.2 Å². The maximum absolute atomic E-state index is 5.57. The van der Waals surface area contributed by atoms with Crippen molar-refractivity contribution >= 4 is 33.4 Å². The van der Waals surface area contributed by atoms with Gasteiger partial charge in [-0.2, -0.15) is 9.78 Å². The molecule has 0 spiro atoms. The number of hydrogen-bond acceptors (Lipinski definition) is 5. The molecule has 0 unspecified atom stereocenters. The first-order valence-corrected chi connectivity index (χ1v) is 7.67. The summed E-state index contributed by atoms with van der Waals surface area (Å²) in [7, 11) is 0. The highest BCUT2D eigenvalue weighted by Crippen LogP contribution is 2.24. The summed E-state index contributed by atoms with van der Waals surface area (Å²) in [5.41, 5.74) is 7.72. The smallest absolute Gasteiger partial charge is 0.212 e. The Balaban J connectivity index is 1.98. The van der Waals surface area contributed by atoms with Gasteiger partial charge in [0, 0.05) is 16.6 Å². The highest BCUT2D eigenvalue weighted by Gasteiger charge is 2.19. The van der Waals surface area contributed by atoms with E-state index in [0.29, 0.717) is 13.0 Å². The van der Waals surface area contributed by atoms with Crippen LogP contribution in [0.2, 0.25) is 0 Å². The highest BCUT2D eigenvalue weighted by molar-refractivity contribution is 9.10. The van der Waals surface area contributed by atoms with E-state index >= 15 is 0 Å². The SMILES string of the molecule is NCCc1nnc2n1N=C(c1ccc(Br)cc1)CS2. The van der Waals surface area contributed by atoms with Gasteiger partial charge in [0.25, 0.3) is 0 Å². The fraction of sp³-hybridized carbons (Fsp3) is 0.250. The number of nitrogens with two attached hydrogens (primary N) is 1. The molecule has 1 aliphatic rings. The summed E-state index contributed by atoms with van der Waals surface area (Å²) in [6.07, 6.45) is 0.685. The Labute approximate surface area is 123 Å². The van der Waals surface area contributed by atoms with Gasteiger partial charge in [-0.3, -0.25) is 0 Å². The molecule has 19 heavy (non-hydrogen) atoms. The second-order valence-electron chi connectivity index (χ2n) is 4.09. The largest absolute Gasteiger partial charge is 0.330 e. The van der Waals surface area contributed by atoms with Gasteiger partial charge in [-0.25, -0.2) is 0 Å². The van der Waals surface area contributed by atoms with Gasteiger partial charge in [0.1, 0.15) is 0 Å². The van der Waals surface area contributed by atoms with E-state index in [1.807, 2.05) is 12.1 Å². The van der Waals surface area contributed by atoms with Gasteiger partial charge in [-0.15, -0.1) is 10.2 Å². The molecule has 0 radical (unpaired) electrons. The molecule has 1 aliphatic heterocycles. The lowest BCUT2D eigenvalue weighted by Gasteiger charge is -2.13. The molecule has 1 aromatic heterocycles. The van der Waals surface area contributed by atoms with Crippen molar-refractivity contribution in [3.05, 3.63) is 40.1 Å². The lowest BCUT2D eigenvalue weighted by atomic mass is 10.1. The number of aromatic nitrogens is 3. The van der Waals surface area contributed by atoms with Crippen LogP contribution in [0.4, 0.5) is 0 Å². The summed E-state index contributed by atoms with van der Waals surface area (Å²) in [5, 5.41) is 13.7. The summed E-state index contributed by atoms with van der Waals surface area (Å²) in [6.45, 7) is 0.548. The third-order valence-corrected chi connectivity index (χ3v) is 4.24. The minimum atomic E-state index is 0.548. The molecule has 0 amide bonds. The molecule has 5 nitrogen and oxygen atoms in total. The van der Waals surface area contributed by atoms with Crippen molar-refractivity contribution in [1.29, 1.82) is 0 Å². The maximum atomic E-state index is 5.57. The predicted molar refractivity (Wildman–Crippen MR) is 79.6 cm³/mol. The predicted octanol–water partition coefficient (Wildman–Crippen LogP) is 1.90. The molecule has 2 aromatic rings. The zero-order valence-corrected chi connectivity index (χ0v) is 12.5. The van der Waals surface area contributed by atoms with Crippen LogP contribution in [0, 0.1) is 0 Å². The van der Waals surface area contributed by atoms with Gasteiger partial charge in [-0.1, -0.05) is 39.8 Å². The third-order valence-electron chi connectivity index (χ3n) is 2.78. The summed E-state index contributed by atoms with van der Waals surface area (Å²) >= 11 is 5.09. The number of nitrogens with zero attached hydrogens (tertiary/aromatic N) is 4. The Bertz CT molecular complexity index is 620. The first kappa shape index (κ1) is 12.8. The maximum Gasteiger partial charge on any atom is 0.212 e. The molecule has 98 valence electrons. The van der Waals surface area contributed by atoms with Gasteiger partial charge < -0.3 is 5.73 Å². The average Bonchev–Trinajstić information content (AvgIpc) is 2.83. The molecule has 0 atom stereocenters. The lowest BCUT2D eigenvalue weighted by Crippen LogP contribution is -2.16. The number of halogens is 1. The molecular weight excluding hydrogens is 326 g/mol. The second kappa shape index (κ2) is 5.44. The molecule has 0 bridgehead atoms. The first-order chi connectivity index (χ1) is 9.28. The van der Waals surface area contributed by atoms with E-state index in [4.69, 9.17) is 5.73 Å². The Morgan fingerprint density at radius 2 is 2.05 bits per heavy atom. The van der Waals surface area contributed by atoms with Crippen LogP contribution in [-0.4, -0.2) is 32.9 Å². The quantitative estimate of drug-likeness (QED) is 0.928. The zero-order chi connectivity index (χ0) is 13.2. The van der Waals surface area contributed by atoms with Crippen molar-refractivity contribution in [2.24, 2.45) is 10.8 Å². The van der Waals surface area contributed by atoms with E-state index < -0.39 is 0 Å². The van der Waals surface area contributed by atoms with E-state index in [0.717, 1.165) is 32.5 Å². The molecule has 1 aromatic carbocycles. The van der Waals surface area contributed by atoms with Gasteiger partial charge in [0.05, 0.1) is 5.71 Å². The van der Waals surface area contributed by atoms with Gasteiger partial charge in [0.15, 0.2) is 5.82 Å². The number of hydrogen-bond donors (Lipinski definition) is 1. The van der Waals surface area contributed by atoms with Crippen LogP contribution in [0.25, 0.3) is 0 Å². The Hall–Kier alpha value is -1.18. The van der Waals surface area contributed by atoms with Crippen molar-refractivity contribution in [3.63, 3.8) is 0 Å².